The number of aryl methyl sites for hydroxylation is 2. The molecule has 1 aromatic carbocycles. The van der Waals surface area contributed by atoms with Crippen LogP contribution in [0.3, 0.4) is 0 Å². The van der Waals surface area contributed by atoms with Crippen LogP contribution in [0.5, 0.6) is 0 Å². The second-order valence-electron chi connectivity index (χ2n) is 8.52. The Labute approximate surface area is 170 Å². The normalized spacial score (nSPS) is 12.1. The van der Waals surface area contributed by atoms with E-state index in [0.717, 1.165) is 39.5 Å². The van der Waals surface area contributed by atoms with Gasteiger partial charge in [0.2, 0.25) is 5.91 Å². The van der Waals surface area contributed by atoms with Gasteiger partial charge >= 0.3 is 5.63 Å². The summed E-state index contributed by atoms with van der Waals surface area (Å²) in [6.07, 6.45) is 2.49. The molecule has 29 heavy (non-hydrogen) atoms. The lowest BCUT2D eigenvalue weighted by Gasteiger charge is -2.17. The van der Waals surface area contributed by atoms with E-state index in [4.69, 9.17) is 13.6 Å². The maximum Gasteiger partial charge on any atom is 0.340 e. The second-order valence-corrected chi connectivity index (χ2v) is 8.52. The van der Waals surface area contributed by atoms with Gasteiger partial charge in [-0.2, -0.15) is 0 Å². The van der Waals surface area contributed by atoms with Crippen LogP contribution in [0.2, 0.25) is 0 Å². The first-order valence-corrected chi connectivity index (χ1v) is 9.88. The number of carbonyl (C=O) groups is 1. The number of rotatable bonds is 6. The molecule has 0 bridgehead atoms. The molecule has 0 spiro atoms. The maximum absolute atomic E-state index is 12.6. The highest BCUT2D eigenvalue weighted by Gasteiger charge is 2.24. The largest absolute Gasteiger partial charge is 0.464 e. The lowest BCUT2D eigenvalue weighted by molar-refractivity contribution is -0.120. The third-order valence-corrected chi connectivity index (χ3v) is 5.33. The topological polar surface area (TPSA) is 81.7 Å². The molecule has 1 N–H and O–H groups in total. The van der Waals surface area contributed by atoms with Crippen molar-refractivity contribution in [3.63, 3.8) is 0 Å². The summed E-state index contributed by atoms with van der Waals surface area (Å²) in [6.45, 7) is 11.2. The standard InChI is InChI=1S/C23H29NO5/c1-13-15-10-17-18(23(3,4)5)12-28-20(17)14(2)21(15)29-22(26)16(13)11-19(25)24-8-7-9-27-6/h10,12H,7-9,11H2,1-6H3,(H,24,25). The highest BCUT2D eigenvalue weighted by atomic mass is 16.5. The van der Waals surface area contributed by atoms with Crippen molar-refractivity contribution in [3.8, 4) is 0 Å². The van der Waals surface area contributed by atoms with Gasteiger partial charge in [0.15, 0.2) is 0 Å². The molecule has 6 heteroatoms. The summed E-state index contributed by atoms with van der Waals surface area (Å²) >= 11 is 0. The van der Waals surface area contributed by atoms with Crippen LogP contribution in [-0.4, -0.2) is 26.2 Å². The summed E-state index contributed by atoms with van der Waals surface area (Å²) < 4.78 is 16.4. The van der Waals surface area contributed by atoms with E-state index >= 15 is 0 Å². The number of methoxy groups -OCH3 is 1. The molecule has 2 heterocycles. The van der Waals surface area contributed by atoms with Crippen molar-refractivity contribution >= 4 is 27.8 Å². The minimum Gasteiger partial charge on any atom is -0.464 e. The van der Waals surface area contributed by atoms with Crippen molar-refractivity contribution in [2.45, 2.75) is 52.9 Å². The Morgan fingerprint density at radius 3 is 2.52 bits per heavy atom. The van der Waals surface area contributed by atoms with E-state index in [1.54, 1.807) is 13.4 Å². The molecule has 2 aromatic heterocycles. The van der Waals surface area contributed by atoms with Crippen LogP contribution in [0.1, 0.15) is 49.4 Å². The van der Waals surface area contributed by atoms with Crippen LogP contribution < -0.4 is 10.9 Å². The van der Waals surface area contributed by atoms with E-state index in [1.807, 2.05) is 19.9 Å². The van der Waals surface area contributed by atoms with Crippen molar-refractivity contribution in [3.05, 3.63) is 45.0 Å². The molecule has 0 saturated carbocycles. The summed E-state index contributed by atoms with van der Waals surface area (Å²) in [5.74, 6) is -0.202. The number of amides is 1. The lowest BCUT2D eigenvalue weighted by Crippen LogP contribution is -2.29. The van der Waals surface area contributed by atoms with Gasteiger partial charge in [-0.15, -0.1) is 0 Å². The third kappa shape index (κ3) is 4.08. The minimum atomic E-state index is -0.480. The van der Waals surface area contributed by atoms with E-state index in [-0.39, 0.29) is 17.7 Å². The number of furan rings is 1. The van der Waals surface area contributed by atoms with Gasteiger partial charge < -0.3 is 18.9 Å². The van der Waals surface area contributed by atoms with Gasteiger partial charge in [0.25, 0.3) is 0 Å². The van der Waals surface area contributed by atoms with Crippen LogP contribution in [0.4, 0.5) is 0 Å². The first-order valence-electron chi connectivity index (χ1n) is 9.88. The number of fused-ring (bicyclic) bond motifs is 2. The fourth-order valence-electron chi connectivity index (χ4n) is 3.65. The average Bonchev–Trinajstić information content (AvgIpc) is 3.08. The molecule has 6 nitrogen and oxygen atoms in total. The summed E-state index contributed by atoms with van der Waals surface area (Å²) in [6, 6.07) is 2.01. The van der Waals surface area contributed by atoms with Crippen LogP contribution in [0, 0.1) is 13.8 Å². The quantitative estimate of drug-likeness (QED) is 0.497. The monoisotopic (exact) mass is 399 g/mol. The van der Waals surface area contributed by atoms with Crippen molar-refractivity contribution in [1.29, 1.82) is 0 Å². The van der Waals surface area contributed by atoms with E-state index in [0.29, 0.717) is 24.3 Å². The molecule has 0 radical (unpaired) electrons. The van der Waals surface area contributed by atoms with E-state index in [9.17, 15) is 9.59 Å². The number of nitrogens with one attached hydrogen (secondary N) is 1. The van der Waals surface area contributed by atoms with Crippen molar-refractivity contribution in [2.75, 3.05) is 20.3 Å². The summed E-state index contributed by atoms with van der Waals surface area (Å²) in [5.41, 5.74) is 3.74. The van der Waals surface area contributed by atoms with Gasteiger partial charge in [-0.25, -0.2) is 4.79 Å². The smallest absolute Gasteiger partial charge is 0.340 e. The van der Waals surface area contributed by atoms with E-state index in [1.165, 1.54) is 0 Å². The Morgan fingerprint density at radius 1 is 1.14 bits per heavy atom. The van der Waals surface area contributed by atoms with Crippen LogP contribution in [0.25, 0.3) is 21.9 Å². The Morgan fingerprint density at radius 2 is 1.86 bits per heavy atom. The highest BCUT2D eigenvalue weighted by Crippen LogP contribution is 2.37. The molecule has 0 saturated heterocycles. The fourth-order valence-corrected chi connectivity index (χ4v) is 3.65. The molecule has 0 aliphatic rings. The summed E-state index contributed by atoms with van der Waals surface area (Å²) in [5, 5.41) is 4.67. The maximum atomic E-state index is 12.6. The molecular weight excluding hydrogens is 370 g/mol. The Balaban J connectivity index is 2.06. The zero-order chi connectivity index (χ0) is 21.3. The van der Waals surface area contributed by atoms with Gasteiger partial charge in [0.1, 0.15) is 11.2 Å². The Bertz CT molecular complexity index is 1110. The van der Waals surface area contributed by atoms with Gasteiger partial charge in [0.05, 0.1) is 18.2 Å². The number of carbonyl (C=O) groups excluding carboxylic acids is 1. The fraction of sp³-hybridized carbons (Fsp3) is 0.478. The molecule has 0 aliphatic heterocycles. The molecule has 1 amide bonds. The second kappa shape index (κ2) is 8.03. The number of hydrogen-bond acceptors (Lipinski definition) is 5. The van der Waals surface area contributed by atoms with Crippen molar-refractivity contribution in [1.82, 2.24) is 5.32 Å². The molecule has 0 atom stereocenters. The summed E-state index contributed by atoms with van der Waals surface area (Å²) in [4.78, 5) is 24.9. The predicted octanol–water partition coefficient (Wildman–Crippen LogP) is 4.15. The molecule has 0 aliphatic carbocycles. The first-order chi connectivity index (χ1) is 13.6. The van der Waals surface area contributed by atoms with Crippen molar-refractivity contribution in [2.24, 2.45) is 0 Å². The zero-order valence-electron chi connectivity index (χ0n) is 18.0. The average molecular weight is 399 g/mol. The molecule has 0 fully saturated rings. The van der Waals surface area contributed by atoms with Gasteiger partial charge in [-0.05, 0) is 37.3 Å². The predicted molar refractivity (Wildman–Crippen MR) is 114 cm³/mol. The van der Waals surface area contributed by atoms with E-state index < -0.39 is 5.63 Å². The van der Waals surface area contributed by atoms with Gasteiger partial charge in [0, 0.05) is 42.2 Å². The van der Waals surface area contributed by atoms with Crippen LogP contribution in [0.15, 0.2) is 26.0 Å². The summed E-state index contributed by atoms with van der Waals surface area (Å²) in [7, 11) is 1.62. The molecule has 0 unspecified atom stereocenters. The van der Waals surface area contributed by atoms with Crippen molar-refractivity contribution < 1.29 is 18.4 Å². The number of ether oxygens (including phenoxy) is 1. The highest BCUT2D eigenvalue weighted by molar-refractivity contribution is 6.00. The number of benzene rings is 1. The van der Waals surface area contributed by atoms with Crippen LogP contribution in [-0.2, 0) is 21.4 Å². The van der Waals surface area contributed by atoms with E-state index in [2.05, 4.69) is 26.1 Å². The minimum absolute atomic E-state index is 0.00825. The molecule has 3 rings (SSSR count). The SMILES string of the molecule is COCCCNC(=O)Cc1c(C)c2cc3c(C(C)(C)C)coc3c(C)c2oc1=O. The molecule has 156 valence electrons. The third-order valence-electron chi connectivity index (χ3n) is 5.33. The first kappa shape index (κ1) is 21.1. The Hall–Kier alpha value is -2.60. The lowest BCUT2D eigenvalue weighted by atomic mass is 9.86. The number of hydrogen-bond donors (Lipinski definition) is 1. The zero-order valence-corrected chi connectivity index (χ0v) is 18.0. The molecular formula is C23H29NO5. The van der Waals surface area contributed by atoms with Gasteiger partial charge in [-0.1, -0.05) is 20.8 Å². The van der Waals surface area contributed by atoms with Crippen LogP contribution >= 0.6 is 0 Å². The molecule has 3 aromatic rings. The Kier molecular flexibility index (Phi) is 5.85. The van der Waals surface area contributed by atoms with Gasteiger partial charge in [-0.3, -0.25) is 4.79 Å².